The number of para-hydroxylation sites is 1. The molecule has 1 atom stereocenters. The molecule has 3 N–H and O–H groups in total. The molecule has 1 spiro atoms. The number of nitrogens with one attached hydrogen (secondary N) is 1. The van der Waals surface area contributed by atoms with E-state index in [-0.39, 0.29) is 35.6 Å². The molecular formula is C22H16FN5O2. The van der Waals surface area contributed by atoms with Gasteiger partial charge in [-0.2, -0.15) is 5.26 Å². The number of nitrogens with zero attached hydrogens (tertiary/aromatic N) is 3. The Hall–Kier alpha value is -4.12. The number of hydrogen-bond donors (Lipinski definition) is 2. The first-order chi connectivity index (χ1) is 14.5. The number of aromatic nitrogens is 2. The molecule has 2 aliphatic heterocycles. The van der Waals surface area contributed by atoms with E-state index < -0.39 is 5.41 Å². The van der Waals surface area contributed by atoms with Crippen LogP contribution < -0.4 is 15.4 Å². The Kier molecular flexibility index (Phi) is 3.70. The Morgan fingerprint density at radius 1 is 1.30 bits per heavy atom. The maximum absolute atomic E-state index is 14.1. The van der Waals surface area contributed by atoms with Crippen molar-refractivity contribution in [2.24, 2.45) is 5.73 Å². The normalized spacial score (nSPS) is 19.5. The molecule has 0 unspecified atom stereocenters. The van der Waals surface area contributed by atoms with Crippen molar-refractivity contribution in [1.82, 2.24) is 10.2 Å². The molecule has 5 rings (SSSR count). The molecule has 0 saturated heterocycles. The minimum absolute atomic E-state index is 0.0127. The maximum Gasteiger partial charge on any atom is 0.248 e. The predicted octanol–water partition coefficient (Wildman–Crippen LogP) is 2.78. The number of rotatable bonds is 2. The van der Waals surface area contributed by atoms with Crippen molar-refractivity contribution in [3.63, 3.8) is 0 Å². The van der Waals surface area contributed by atoms with Crippen LogP contribution in [0.2, 0.25) is 0 Å². The van der Waals surface area contributed by atoms with Gasteiger partial charge in [0, 0.05) is 16.9 Å². The highest BCUT2D eigenvalue weighted by atomic mass is 19.1. The van der Waals surface area contributed by atoms with Gasteiger partial charge in [-0.1, -0.05) is 30.3 Å². The number of fused-ring (bicyclic) bond motifs is 4. The number of benzene rings is 2. The van der Waals surface area contributed by atoms with Gasteiger partial charge in [0.2, 0.25) is 17.7 Å². The van der Waals surface area contributed by atoms with Crippen LogP contribution >= 0.6 is 0 Å². The van der Waals surface area contributed by atoms with Gasteiger partial charge in [-0.25, -0.2) is 4.39 Å². The van der Waals surface area contributed by atoms with Crippen LogP contribution in [0.3, 0.4) is 0 Å². The lowest BCUT2D eigenvalue weighted by atomic mass is 9.69. The first-order valence-electron chi connectivity index (χ1n) is 9.28. The number of carbonyl (C=O) groups excluding carboxylic acids is 1. The molecule has 7 nitrogen and oxygen atoms in total. The number of ether oxygens (including phenoxy) is 1. The quantitative estimate of drug-likeness (QED) is 0.687. The van der Waals surface area contributed by atoms with E-state index in [4.69, 9.17) is 10.5 Å². The van der Waals surface area contributed by atoms with Gasteiger partial charge < -0.3 is 15.4 Å². The van der Waals surface area contributed by atoms with Crippen molar-refractivity contribution < 1.29 is 13.9 Å². The van der Waals surface area contributed by atoms with Crippen molar-refractivity contribution in [3.8, 4) is 11.9 Å². The average Bonchev–Trinajstić information content (AvgIpc) is 3.20. The lowest BCUT2D eigenvalue weighted by Gasteiger charge is -2.32. The lowest BCUT2D eigenvalue weighted by molar-refractivity contribution is -0.121. The first kappa shape index (κ1) is 17.9. The number of halogens is 1. The first-order valence-corrected chi connectivity index (χ1v) is 9.28. The molecular weight excluding hydrogens is 385 g/mol. The van der Waals surface area contributed by atoms with Crippen LogP contribution in [-0.4, -0.2) is 16.1 Å². The van der Waals surface area contributed by atoms with Crippen LogP contribution in [-0.2, 0) is 16.8 Å². The summed E-state index contributed by atoms with van der Waals surface area (Å²) in [5, 5.41) is 16.9. The summed E-state index contributed by atoms with van der Waals surface area (Å²) in [5.74, 6) is -0.739. The zero-order chi connectivity index (χ0) is 21.0. The van der Waals surface area contributed by atoms with Gasteiger partial charge in [-0.15, -0.1) is 5.10 Å². The van der Waals surface area contributed by atoms with E-state index in [1.807, 2.05) is 6.07 Å². The summed E-state index contributed by atoms with van der Waals surface area (Å²) >= 11 is 0. The Labute approximate surface area is 171 Å². The van der Waals surface area contributed by atoms with Crippen LogP contribution in [0.25, 0.3) is 0 Å². The molecule has 0 bridgehead atoms. The molecule has 148 valence electrons. The highest BCUT2D eigenvalue weighted by Crippen LogP contribution is 2.55. The van der Waals surface area contributed by atoms with Gasteiger partial charge in [0.1, 0.15) is 22.9 Å². The van der Waals surface area contributed by atoms with Crippen molar-refractivity contribution in [3.05, 3.63) is 88.2 Å². The van der Waals surface area contributed by atoms with E-state index in [1.165, 1.54) is 12.1 Å². The topological polar surface area (TPSA) is 108 Å². The minimum Gasteiger partial charge on any atom is -0.420 e. The number of nitrogens with two attached hydrogens (primary N) is 1. The zero-order valence-corrected chi connectivity index (χ0v) is 15.9. The molecule has 8 heteroatoms. The molecule has 0 fully saturated rings. The number of amides is 1. The Morgan fingerprint density at radius 3 is 2.87 bits per heavy atom. The van der Waals surface area contributed by atoms with Gasteiger partial charge in [0.15, 0.2) is 0 Å². The summed E-state index contributed by atoms with van der Waals surface area (Å²) in [7, 11) is 0. The summed E-state index contributed by atoms with van der Waals surface area (Å²) in [6.45, 7) is 1.90. The van der Waals surface area contributed by atoms with Gasteiger partial charge in [0.05, 0.1) is 12.1 Å². The van der Waals surface area contributed by atoms with Crippen LogP contribution in [0.15, 0.2) is 60.0 Å². The molecule has 2 aliphatic rings. The number of anilines is 1. The highest BCUT2D eigenvalue weighted by Gasteiger charge is 2.60. The second-order valence-electron chi connectivity index (χ2n) is 7.27. The third-order valence-electron chi connectivity index (χ3n) is 5.62. The van der Waals surface area contributed by atoms with E-state index in [2.05, 4.69) is 16.3 Å². The highest BCUT2D eigenvalue weighted by molar-refractivity contribution is 6.14. The Morgan fingerprint density at radius 2 is 2.10 bits per heavy atom. The fourth-order valence-corrected chi connectivity index (χ4v) is 4.44. The van der Waals surface area contributed by atoms with Crippen molar-refractivity contribution >= 4 is 11.6 Å². The number of hydrogen-bond acceptors (Lipinski definition) is 5. The molecule has 3 heterocycles. The predicted molar refractivity (Wildman–Crippen MR) is 106 cm³/mol. The van der Waals surface area contributed by atoms with Crippen LogP contribution in [0.5, 0.6) is 5.88 Å². The monoisotopic (exact) mass is 401 g/mol. The molecule has 0 radical (unpaired) electrons. The van der Waals surface area contributed by atoms with Crippen LogP contribution in [0.4, 0.5) is 10.1 Å². The third-order valence-corrected chi connectivity index (χ3v) is 5.62. The van der Waals surface area contributed by atoms with E-state index in [0.717, 1.165) is 0 Å². The SMILES string of the molecule is Cc1[nH]nc2c1[C@@]1(C(=O)N(Cc3cccc(F)c3)c3ccccc31)C(C#N)=C(N)O2. The Bertz CT molecular complexity index is 1290. The van der Waals surface area contributed by atoms with Crippen LogP contribution in [0.1, 0.15) is 22.4 Å². The van der Waals surface area contributed by atoms with E-state index in [1.54, 1.807) is 42.2 Å². The molecule has 1 amide bonds. The molecule has 3 aromatic rings. The second kappa shape index (κ2) is 6.19. The number of nitriles is 1. The summed E-state index contributed by atoms with van der Waals surface area (Å²) in [4.78, 5) is 15.6. The lowest BCUT2D eigenvalue weighted by Crippen LogP contribution is -2.45. The van der Waals surface area contributed by atoms with E-state index >= 15 is 0 Å². The van der Waals surface area contributed by atoms with Crippen molar-refractivity contribution in [2.75, 3.05) is 4.90 Å². The second-order valence-corrected chi connectivity index (χ2v) is 7.27. The largest absolute Gasteiger partial charge is 0.420 e. The fraction of sp³-hybridized carbons (Fsp3) is 0.136. The molecule has 0 saturated carbocycles. The molecule has 1 aromatic heterocycles. The minimum atomic E-state index is -1.48. The van der Waals surface area contributed by atoms with Gasteiger partial charge >= 0.3 is 0 Å². The summed E-state index contributed by atoms with van der Waals surface area (Å²) in [6.07, 6.45) is 0. The number of carbonyl (C=O) groups is 1. The van der Waals surface area contributed by atoms with Crippen LogP contribution in [0, 0.1) is 24.1 Å². The van der Waals surface area contributed by atoms with Crippen molar-refractivity contribution in [1.29, 1.82) is 5.26 Å². The fourth-order valence-electron chi connectivity index (χ4n) is 4.44. The standard InChI is InChI=1S/C22H16FN5O2/c1-12-18-20(27-26-12)30-19(25)16(10-24)22(18)15-7-2-3-8-17(15)28(21(22)29)11-13-5-4-6-14(23)9-13/h2-9H,11,25H2,1H3,(H,26,27)/t22-/m0/s1. The molecule has 0 aliphatic carbocycles. The smallest absolute Gasteiger partial charge is 0.248 e. The van der Waals surface area contributed by atoms with E-state index in [0.29, 0.717) is 28.1 Å². The summed E-state index contributed by atoms with van der Waals surface area (Å²) in [5.41, 5.74) is 7.53. The van der Waals surface area contributed by atoms with E-state index in [9.17, 15) is 14.4 Å². The third kappa shape index (κ3) is 2.17. The summed E-state index contributed by atoms with van der Waals surface area (Å²) in [6, 6.07) is 15.4. The molecule has 2 aromatic carbocycles. The maximum atomic E-state index is 14.1. The summed E-state index contributed by atoms with van der Waals surface area (Å²) < 4.78 is 19.3. The number of aromatic amines is 1. The van der Waals surface area contributed by atoms with Crippen molar-refractivity contribution in [2.45, 2.75) is 18.9 Å². The zero-order valence-electron chi connectivity index (χ0n) is 15.9. The average molecular weight is 401 g/mol. The van der Waals surface area contributed by atoms with Gasteiger partial charge in [0.25, 0.3) is 0 Å². The number of H-pyrrole nitrogens is 1. The van der Waals surface area contributed by atoms with Gasteiger partial charge in [-0.05, 0) is 30.7 Å². The van der Waals surface area contributed by atoms with Gasteiger partial charge in [-0.3, -0.25) is 9.89 Å². The Balaban J connectivity index is 1.78. The number of aryl methyl sites for hydroxylation is 1. The molecule has 30 heavy (non-hydrogen) atoms.